The minimum absolute atomic E-state index is 0.00310. The van der Waals surface area contributed by atoms with Crippen molar-refractivity contribution in [1.82, 2.24) is 10.0 Å². The fourth-order valence-corrected chi connectivity index (χ4v) is 4.81. The van der Waals surface area contributed by atoms with Gasteiger partial charge in [0.2, 0.25) is 5.91 Å². The molecule has 1 saturated heterocycles. The SMILES string of the molecule is COc1ccc([C@@H]2C(OC(=O)C(C)(C)C)=CN3C(=O)C[C@H](C(C)(C)C)N3[C@@H]2c2ccccc2)cc1. The van der Waals surface area contributed by atoms with Gasteiger partial charge in [0.15, 0.2) is 0 Å². The normalized spacial score (nSPS) is 23.1. The van der Waals surface area contributed by atoms with Gasteiger partial charge < -0.3 is 9.47 Å². The molecule has 4 rings (SSSR count). The molecule has 35 heavy (non-hydrogen) atoms. The number of fused-ring (bicyclic) bond motifs is 1. The zero-order valence-corrected chi connectivity index (χ0v) is 21.7. The fourth-order valence-electron chi connectivity index (χ4n) is 4.81. The van der Waals surface area contributed by atoms with Crippen LogP contribution >= 0.6 is 0 Å². The number of hydrazine groups is 1. The molecule has 2 aromatic rings. The van der Waals surface area contributed by atoms with Gasteiger partial charge in [-0.25, -0.2) is 10.0 Å². The highest BCUT2D eigenvalue weighted by Crippen LogP contribution is 2.51. The molecule has 0 aromatic heterocycles. The zero-order valence-electron chi connectivity index (χ0n) is 21.7. The van der Waals surface area contributed by atoms with Gasteiger partial charge in [-0.2, -0.15) is 0 Å². The zero-order chi connectivity index (χ0) is 25.5. The number of esters is 1. The highest BCUT2D eigenvalue weighted by atomic mass is 16.5. The number of hydrogen-bond acceptors (Lipinski definition) is 5. The van der Waals surface area contributed by atoms with Crippen LogP contribution in [0.25, 0.3) is 0 Å². The molecule has 3 atom stereocenters. The fraction of sp³-hybridized carbons (Fsp3) is 0.448. The lowest BCUT2D eigenvalue weighted by molar-refractivity contribution is -0.154. The van der Waals surface area contributed by atoms with Gasteiger partial charge in [-0.05, 0) is 49.4 Å². The van der Waals surface area contributed by atoms with E-state index in [9.17, 15) is 9.59 Å². The minimum atomic E-state index is -0.687. The number of carbonyl (C=O) groups excluding carboxylic acids is 2. The summed E-state index contributed by atoms with van der Waals surface area (Å²) in [5.41, 5.74) is 1.21. The Morgan fingerprint density at radius 3 is 2.09 bits per heavy atom. The van der Waals surface area contributed by atoms with E-state index >= 15 is 0 Å². The van der Waals surface area contributed by atoms with Crippen LogP contribution in [-0.4, -0.2) is 35.0 Å². The first kappa shape index (κ1) is 25.0. The summed E-state index contributed by atoms with van der Waals surface area (Å²) in [6, 6.07) is 17.8. The molecular weight excluding hydrogens is 440 g/mol. The van der Waals surface area contributed by atoms with Gasteiger partial charge in [-0.15, -0.1) is 0 Å². The molecule has 2 aromatic carbocycles. The van der Waals surface area contributed by atoms with Crippen molar-refractivity contribution in [3.8, 4) is 5.75 Å². The highest BCUT2D eigenvalue weighted by Gasteiger charge is 2.53. The number of carbonyl (C=O) groups is 2. The topological polar surface area (TPSA) is 59.1 Å². The molecule has 6 nitrogen and oxygen atoms in total. The monoisotopic (exact) mass is 476 g/mol. The van der Waals surface area contributed by atoms with Gasteiger partial charge in [-0.1, -0.05) is 63.2 Å². The number of ether oxygens (including phenoxy) is 2. The molecule has 0 aliphatic carbocycles. The van der Waals surface area contributed by atoms with Crippen LogP contribution in [0, 0.1) is 10.8 Å². The Kier molecular flexibility index (Phi) is 6.54. The predicted molar refractivity (Wildman–Crippen MR) is 135 cm³/mol. The molecule has 0 N–H and O–H groups in total. The smallest absolute Gasteiger partial charge is 0.316 e. The lowest BCUT2D eigenvalue weighted by Gasteiger charge is -2.48. The van der Waals surface area contributed by atoms with E-state index < -0.39 is 5.41 Å². The maximum Gasteiger partial charge on any atom is 0.316 e. The summed E-state index contributed by atoms with van der Waals surface area (Å²) in [7, 11) is 1.64. The molecule has 2 aliphatic heterocycles. The number of hydrogen-bond donors (Lipinski definition) is 0. The van der Waals surface area contributed by atoms with E-state index in [1.54, 1.807) is 18.3 Å². The van der Waals surface area contributed by atoms with Gasteiger partial charge in [0.05, 0.1) is 30.7 Å². The van der Waals surface area contributed by atoms with Crippen LogP contribution in [0.3, 0.4) is 0 Å². The molecule has 0 saturated carbocycles. The van der Waals surface area contributed by atoms with Crippen LogP contribution in [0.5, 0.6) is 5.75 Å². The maximum atomic E-state index is 13.3. The van der Waals surface area contributed by atoms with Crippen LogP contribution in [0.1, 0.15) is 71.0 Å². The highest BCUT2D eigenvalue weighted by molar-refractivity contribution is 5.81. The third kappa shape index (κ3) is 4.85. The summed E-state index contributed by atoms with van der Waals surface area (Å²) in [5, 5.41) is 3.87. The van der Waals surface area contributed by atoms with Crippen LogP contribution < -0.4 is 4.74 Å². The van der Waals surface area contributed by atoms with E-state index in [0.29, 0.717) is 12.2 Å². The van der Waals surface area contributed by atoms with Gasteiger partial charge in [0.25, 0.3) is 0 Å². The molecular formula is C29H36N2O4. The first-order valence-electron chi connectivity index (χ1n) is 12.1. The van der Waals surface area contributed by atoms with E-state index in [2.05, 4.69) is 37.9 Å². The van der Waals surface area contributed by atoms with E-state index in [-0.39, 0.29) is 35.3 Å². The Labute approximate surface area is 208 Å². The van der Waals surface area contributed by atoms with Crippen molar-refractivity contribution in [1.29, 1.82) is 0 Å². The Bertz CT molecular complexity index is 1110. The summed E-state index contributed by atoms with van der Waals surface area (Å²) in [6.07, 6.45) is 2.13. The summed E-state index contributed by atoms with van der Waals surface area (Å²) < 4.78 is 11.5. The molecule has 6 heteroatoms. The van der Waals surface area contributed by atoms with Crippen LogP contribution in [0.2, 0.25) is 0 Å². The number of rotatable bonds is 4. The third-order valence-corrected chi connectivity index (χ3v) is 6.79. The van der Waals surface area contributed by atoms with Crippen LogP contribution in [0.4, 0.5) is 0 Å². The lowest BCUT2D eigenvalue weighted by atomic mass is 9.80. The van der Waals surface area contributed by atoms with E-state index in [0.717, 1.165) is 16.9 Å². The minimum Gasteiger partial charge on any atom is -0.497 e. The van der Waals surface area contributed by atoms with Gasteiger partial charge in [0.1, 0.15) is 11.5 Å². The molecule has 2 heterocycles. The van der Waals surface area contributed by atoms with Crippen molar-refractivity contribution in [2.45, 2.75) is 66.0 Å². The predicted octanol–water partition coefficient (Wildman–Crippen LogP) is 5.83. The Hall–Kier alpha value is -3.12. The van der Waals surface area contributed by atoms with Gasteiger partial charge in [-0.3, -0.25) is 9.59 Å². The second-order valence-electron chi connectivity index (χ2n) is 11.5. The Morgan fingerprint density at radius 1 is 0.914 bits per heavy atom. The molecule has 0 radical (unpaired) electrons. The van der Waals surface area contributed by atoms with E-state index in [1.807, 2.05) is 63.2 Å². The molecule has 1 fully saturated rings. The summed E-state index contributed by atoms with van der Waals surface area (Å²) in [4.78, 5) is 26.3. The first-order chi connectivity index (χ1) is 16.4. The average Bonchev–Trinajstić information content (AvgIpc) is 3.15. The Morgan fingerprint density at radius 2 is 1.54 bits per heavy atom. The van der Waals surface area contributed by atoms with Gasteiger partial charge in [0, 0.05) is 12.5 Å². The van der Waals surface area contributed by atoms with Crippen LogP contribution in [-0.2, 0) is 14.3 Å². The molecule has 0 spiro atoms. The lowest BCUT2D eigenvalue weighted by Crippen LogP contribution is -2.51. The molecule has 2 aliphatic rings. The molecule has 186 valence electrons. The largest absolute Gasteiger partial charge is 0.497 e. The summed E-state index contributed by atoms with van der Waals surface area (Å²) in [5.74, 6) is 0.596. The summed E-state index contributed by atoms with van der Waals surface area (Å²) in [6.45, 7) is 12.0. The quantitative estimate of drug-likeness (QED) is 0.520. The Balaban J connectivity index is 1.93. The standard InChI is InChI=1S/C29H36N2O4/c1-28(2,3)23-17-24(32)30-18-22(35-27(33)29(4,5)6)25(19-13-15-21(34-7)16-14-19)26(31(23)30)20-11-9-8-10-12-20/h8-16,18,23,25-26H,17H2,1-7H3/t23-,25-,26-/m1/s1. The van der Waals surface area contributed by atoms with Crippen molar-refractivity contribution in [2.24, 2.45) is 10.8 Å². The third-order valence-electron chi connectivity index (χ3n) is 6.79. The molecule has 0 bridgehead atoms. The second kappa shape index (κ2) is 9.15. The number of benzene rings is 2. The van der Waals surface area contributed by atoms with Crippen molar-refractivity contribution in [2.75, 3.05) is 7.11 Å². The molecule has 0 unspecified atom stereocenters. The number of amides is 1. The molecule has 1 amide bonds. The van der Waals surface area contributed by atoms with Crippen molar-refractivity contribution in [3.63, 3.8) is 0 Å². The van der Waals surface area contributed by atoms with Gasteiger partial charge >= 0.3 is 5.97 Å². The summed E-state index contributed by atoms with van der Waals surface area (Å²) >= 11 is 0. The average molecular weight is 477 g/mol. The number of nitrogens with zero attached hydrogens (tertiary/aromatic N) is 2. The van der Waals surface area contributed by atoms with E-state index in [4.69, 9.17) is 9.47 Å². The van der Waals surface area contributed by atoms with Crippen molar-refractivity contribution >= 4 is 11.9 Å². The number of methoxy groups -OCH3 is 1. The first-order valence-corrected chi connectivity index (χ1v) is 12.1. The van der Waals surface area contributed by atoms with Crippen molar-refractivity contribution in [3.05, 3.63) is 77.7 Å². The van der Waals surface area contributed by atoms with Crippen LogP contribution in [0.15, 0.2) is 66.6 Å². The van der Waals surface area contributed by atoms with Crippen molar-refractivity contribution < 1.29 is 19.1 Å². The van der Waals surface area contributed by atoms with E-state index in [1.165, 1.54) is 0 Å². The second-order valence-corrected chi connectivity index (χ2v) is 11.5. The maximum absolute atomic E-state index is 13.3.